The van der Waals surface area contributed by atoms with Gasteiger partial charge in [0, 0.05) is 9.79 Å². The Morgan fingerprint density at radius 3 is 2.58 bits per heavy atom. The van der Waals surface area contributed by atoms with Crippen LogP contribution in [-0.4, -0.2) is 17.6 Å². The molecule has 0 fully saturated rings. The fraction of sp³-hybridized carbons (Fsp3) is 0.250. The second-order valence-corrected chi connectivity index (χ2v) is 7.39. The lowest BCUT2D eigenvalue weighted by atomic mass is 10.2. The van der Waals surface area contributed by atoms with Crippen LogP contribution in [0.5, 0.6) is 0 Å². The molecule has 0 unspecified atom stereocenters. The van der Waals surface area contributed by atoms with E-state index in [1.165, 1.54) is 0 Å². The molecule has 4 nitrogen and oxygen atoms in total. The molecule has 0 saturated carbocycles. The highest BCUT2D eigenvalue weighted by atomic mass is 35.5. The van der Waals surface area contributed by atoms with Gasteiger partial charge in [0.1, 0.15) is 11.3 Å². The van der Waals surface area contributed by atoms with Gasteiger partial charge in [-0.05, 0) is 43.1 Å². The van der Waals surface area contributed by atoms with E-state index in [-0.39, 0.29) is 21.5 Å². The van der Waals surface area contributed by atoms with Crippen LogP contribution in [0.2, 0.25) is 10.0 Å². The second-order valence-electron chi connectivity index (χ2n) is 5.08. The Morgan fingerprint density at radius 2 is 2.00 bits per heavy atom. The fourth-order valence-electron chi connectivity index (χ4n) is 2.00. The summed E-state index contributed by atoms with van der Waals surface area (Å²) in [6.45, 7) is 3.28. The lowest BCUT2D eigenvalue weighted by Crippen LogP contribution is -2.24. The molecule has 26 heavy (non-hydrogen) atoms. The van der Waals surface area contributed by atoms with Gasteiger partial charge in [-0.1, -0.05) is 41.0 Å². The molecular weight excluding hydrogens is 431 g/mol. The molecule has 1 N–H and O–H groups in total. The molecular formula is C16H12Cl3F2NO3S. The van der Waals surface area contributed by atoms with Crippen LogP contribution in [0.1, 0.15) is 28.5 Å². The zero-order valence-corrected chi connectivity index (χ0v) is 16.5. The van der Waals surface area contributed by atoms with Gasteiger partial charge in [-0.15, -0.1) is 0 Å². The van der Waals surface area contributed by atoms with Gasteiger partial charge in [0.05, 0.1) is 16.7 Å². The van der Waals surface area contributed by atoms with Crippen LogP contribution in [0, 0.1) is 6.92 Å². The van der Waals surface area contributed by atoms with E-state index in [2.05, 4.69) is 0 Å². The number of hydrogen-bond acceptors (Lipinski definition) is 4. The highest BCUT2D eigenvalue weighted by Crippen LogP contribution is 2.42. The van der Waals surface area contributed by atoms with E-state index in [4.69, 9.17) is 39.5 Å². The summed E-state index contributed by atoms with van der Waals surface area (Å²) in [4.78, 5) is 26.5. The summed E-state index contributed by atoms with van der Waals surface area (Å²) in [5, 5.41) is -3.32. The van der Waals surface area contributed by atoms with Crippen LogP contribution in [0.4, 0.5) is 8.78 Å². The lowest BCUT2D eigenvalue weighted by molar-refractivity contribution is 0.0517. The summed E-state index contributed by atoms with van der Waals surface area (Å²) >= 11 is 18.2. The van der Waals surface area contributed by atoms with Gasteiger partial charge >= 0.3 is 11.4 Å². The van der Waals surface area contributed by atoms with Crippen LogP contribution in [0.15, 0.2) is 32.8 Å². The third-order valence-electron chi connectivity index (χ3n) is 3.24. The number of nitrogens with one attached hydrogen (secondary N) is 1. The molecule has 1 heterocycles. The van der Waals surface area contributed by atoms with Crippen molar-refractivity contribution in [2.24, 2.45) is 0 Å². The van der Waals surface area contributed by atoms with E-state index >= 15 is 0 Å². The molecule has 140 valence electrons. The maximum atomic E-state index is 13.5. The second kappa shape index (κ2) is 8.17. The monoisotopic (exact) mass is 441 g/mol. The van der Waals surface area contributed by atoms with Crippen molar-refractivity contribution in [2.75, 3.05) is 6.61 Å². The van der Waals surface area contributed by atoms with E-state index in [9.17, 15) is 18.4 Å². The van der Waals surface area contributed by atoms with Crippen molar-refractivity contribution in [2.45, 2.75) is 29.0 Å². The number of halogens is 5. The maximum absolute atomic E-state index is 13.5. The lowest BCUT2D eigenvalue weighted by Gasteiger charge is -2.14. The van der Waals surface area contributed by atoms with E-state index in [0.717, 1.165) is 17.8 Å². The molecule has 1 aromatic carbocycles. The maximum Gasteiger partial charge on any atom is 0.362 e. The fourth-order valence-corrected chi connectivity index (χ4v) is 3.80. The number of alkyl halides is 3. The molecule has 0 amide bonds. The zero-order chi connectivity index (χ0) is 19.6. The SMILES string of the molecule is CCOC(=O)c1c(Sc2c(Cl)ccc(C)c2Cl)cc(C(F)(F)Cl)[nH]c1=O. The number of rotatable bonds is 5. The quantitative estimate of drug-likeness (QED) is 0.483. The number of benzene rings is 1. The van der Waals surface area contributed by atoms with Gasteiger partial charge in [-0.25, -0.2) is 4.79 Å². The summed E-state index contributed by atoms with van der Waals surface area (Å²) in [7, 11) is 0. The van der Waals surface area contributed by atoms with Crippen LogP contribution >= 0.6 is 46.6 Å². The van der Waals surface area contributed by atoms with E-state index in [0.29, 0.717) is 10.5 Å². The predicted octanol–water partition coefficient (Wildman–Crippen LogP) is 5.61. The first-order chi connectivity index (χ1) is 12.1. The summed E-state index contributed by atoms with van der Waals surface area (Å²) in [5.74, 6) is -0.958. The van der Waals surface area contributed by atoms with Gasteiger partial charge < -0.3 is 9.72 Å². The van der Waals surface area contributed by atoms with Crippen LogP contribution < -0.4 is 5.56 Å². The first-order valence-electron chi connectivity index (χ1n) is 7.20. The summed E-state index contributed by atoms with van der Waals surface area (Å²) in [6.07, 6.45) is 0. The normalized spacial score (nSPS) is 11.5. The molecule has 0 radical (unpaired) electrons. The summed E-state index contributed by atoms with van der Waals surface area (Å²) in [5.41, 5.74) is -1.66. The molecule has 1 aromatic heterocycles. The average molecular weight is 443 g/mol. The first-order valence-corrected chi connectivity index (χ1v) is 9.15. The smallest absolute Gasteiger partial charge is 0.362 e. The molecule has 0 atom stereocenters. The van der Waals surface area contributed by atoms with Crippen molar-refractivity contribution >= 4 is 52.5 Å². The minimum Gasteiger partial charge on any atom is -0.462 e. The van der Waals surface area contributed by atoms with E-state index < -0.39 is 28.2 Å². The molecule has 2 rings (SSSR count). The topological polar surface area (TPSA) is 59.2 Å². The molecule has 10 heteroatoms. The molecule has 0 bridgehead atoms. The van der Waals surface area contributed by atoms with Crippen LogP contribution in [-0.2, 0) is 10.1 Å². The first kappa shape index (κ1) is 21.0. The highest BCUT2D eigenvalue weighted by molar-refractivity contribution is 7.99. The Hall–Kier alpha value is -1.28. The minimum absolute atomic E-state index is 0.00174. The molecule has 0 aliphatic rings. The molecule has 0 spiro atoms. The largest absolute Gasteiger partial charge is 0.462 e. The Balaban J connectivity index is 2.69. The van der Waals surface area contributed by atoms with Crippen molar-refractivity contribution in [3.8, 4) is 0 Å². The number of aromatic amines is 1. The van der Waals surface area contributed by atoms with Crippen molar-refractivity contribution in [3.05, 3.63) is 55.4 Å². The summed E-state index contributed by atoms with van der Waals surface area (Å²) < 4.78 is 31.8. The zero-order valence-electron chi connectivity index (χ0n) is 13.5. The number of ether oxygens (including phenoxy) is 1. The Labute approximate surface area is 166 Å². The molecule has 0 saturated heterocycles. The molecule has 0 aliphatic heterocycles. The van der Waals surface area contributed by atoms with Gasteiger partial charge in [-0.3, -0.25) is 4.79 Å². The van der Waals surface area contributed by atoms with E-state index in [1.54, 1.807) is 26.0 Å². The van der Waals surface area contributed by atoms with E-state index in [1.807, 2.05) is 4.98 Å². The molecule has 2 aromatic rings. The van der Waals surface area contributed by atoms with Gasteiger partial charge in [0.25, 0.3) is 5.56 Å². The number of carbonyl (C=O) groups excluding carboxylic acids is 1. The Bertz CT molecular complexity index is 913. The van der Waals surface area contributed by atoms with Gasteiger partial charge in [0.2, 0.25) is 0 Å². The number of hydrogen-bond donors (Lipinski definition) is 1. The van der Waals surface area contributed by atoms with Crippen LogP contribution in [0.25, 0.3) is 0 Å². The Morgan fingerprint density at radius 1 is 1.35 bits per heavy atom. The van der Waals surface area contributed by atoms with Crippen molar-refractivity contribution in [1.82, 2.24) is 4.98 Å². The minimum atomic E-state index is -3.83. The third kappa shape index (κ3) is 4.52. The number of pyridine rings is 1. The van der Waals surface area contributed by atoms with Gasteiger partial charge in [-0.2, -0.15) is 8.78 Å². The highest BCUT2D eigenvalue weighted by Gasteiger charge is 2.32. The predicted molar refractivity (Wildman–Crippen MR) is 98.1 cm³/mol. The number of H-pyrrole nitrogens is 1. The molecule has 0 aliphatic carbocycles. The standard InChI is InChI=1S/C16H12Cl3F2NO3S/c1-3-25-15(24)11-9(6-10(16(19,20)21)22-14(11)23)26-13-8(17)5-4-7(2)12(13)18/h4-6H,3H2,1-2H3,(H,22,23). The van der Waals surface area contributed by atoms with Crippen molar-refractivity contribution in [3.63, 3.8) is 0 Å². The third-order valence-corrected chi connectivity index (χ3v) is 5.64. The van der Waals surface area contributed by atoms with Crippen LogP contribution in [0.3, 0.4) is 0 Å². The number of aryl methyl sites for hydroxylation is 1. The van der Waals surface area contributed by atoms with Crippen molar-refractivity contribution in [1.29, 1.82) is 0 Å². The summed E-state index contributed by atoms with van der Waals surface area (Å²) in [6, 6.07) is 4.15. The number of carbonyl (C=O) groups is 1. The number of aromatic nitrogens is 1. The van der Waals surface area contributed by atoms with Crippen molar-refractivity contribution < 1.29 is 18.3 Å². The average Bonchev–Trinajstić information content (AvgIpc) is 2.54. The number of esters is 1. The van der Waals surface area contributed by atoms with Gasteiger partial charge in [0.15, 0.2) is 0 Å². The Kier molecular flexibility index (Phi) is 6.60.